The summed E-state index contributed by atoms with van der Waals surface area (Å²) in [4.78, 5) is 4.22. The number of aromatic nitrogens is 1. The van der Waals surface area contributed by atoms with Crippen LogP contribution in [0, 0.1) is 11.3 Å². The van der Waals surface area contributed by atoms with E-state index >= 15 is 0 Å². The van der Waals surface area contributed by atoms with E-state index in [1.54, 1.807) is 12.3 Å². The molecule has 0 unspecified atom stereocenters. The third-order valence-electron chi connectivity index (χ3n) is 2.71. The lowest BCUT2D eigenvalue weighted by molar-refractivity contribution is 0.859. The fourth-order valence-corrected chi connectivity index (χ4v) is 1.67. The van der Waals surface area contributed by atoms with Crippen LogP contribution in [0.1, 0.15) is 30.9 Å². The largest absolute Gasteiger partial charge is 0.354 e. The first-order valence-corrected chi connectivity index (χ1v) is 5.91. The molecule has 0 spiro atoms. The van der Waals surface area contributed by atoms with Gasteiger partial charge < -0.3 is 5.32 Å². The molecule has 18 heavy (non-hydrogen) atoms. The van der Waals surface area contributed by atoms with Crippen LogP contribution in [0.5, 0.6) is 0 Å². The van der Waals surface area contributed by atoms with Gasteiger partial charge in [-0.25, -0.2) is 0 Å². The second-order valence-electron chi connectivity index (χ2n) is 4.48. The smallest absolute Gasteiger partial charge is 0.0992 e. The lowest BCUT2D eigenvalue weighted by Crippen LogP contribution is -1.95. The molecule has 3 nitrogen and oxygen atoms in total. The van der Waals surface area contributed by atoms with Gasteiger partial charge in [0.05, 0.1) is 23.5 Å². The fourth-order valence-electron chi connectivity index (χ4n) is 1.67. The topological polar surface area (TPSA) is 48.7 Å². The Kier molecular flexibility index (Phi) is 3.59. The summed E-state index contributed by atoms with van der Waals surface area (Å²) in [6, 6.07) is 11.6. The molecule has 0 bridgehead atoms. The van der Waals surface area contributed by atoms with Crippen molar-refractivity contribution in [2.45, 2.75) is 19.8 Å². The maximum Gasteiger partial charge on any atom is 0.0992 e. The number of nitrogens with zero attached hydrogens (tertiary/aromatic N) is 2. The predicted octanol–water partition coefficient (Wildman–Crippen LogP) is 3.82. The van der Waals surface area contributed by atoms with Crippen LogP contribution in [0.3, 0.4) is 0 Å². The van der Waals surface area contributed by atoms with Gasteiger partial charge in [0.15, 0.2) is 0 Å². The summed E-state index contributed by atoms with van der Waals surface area (Å²) < 4.78 is 0. The highest BCUT2D eigenvalue weighted by atomic mass is 14.9. The quantitative estimate of drug-likeness (QED) is 0.882. The fraction of sp³-hybridized carbons (Fsp3) is 0.200. The van der Waals surface area contributed by atoms with Crippen LogP contribution in [0.2, 0.25) is 0 Å². The first kappa shape index (κ1) is 12.1. The summed E-state index contributed by atoms with van der Waals surface area (Å²) in [5.41, 5.74) is 3.68. The van der Waals surface area contributed by atoms with Crippen molar-refractivity contribution in [3.05, 3.63) is 53.9 Å². The van der Waals surface area contributed by atoms with Crippen LogP contribution in [0.4, 0.5) is 11.4 Å². The van der Waals surface area contributed by atoms with Gasteiger partial charge in [-0.2, -0.15) is 5.26 Å². The van der Waals surface area contributed by atoms with Gasteiger partial charge in [-0.1, -0.05) is 19.9 Å². The highest BCUT2D eigenvalue weighted by molar-refractivity contribution is 5.61. The maximum atomic E-state index is 8.85. The van der Waals surface area contributed by atoms with E-state index in [-0.39, 0.29) is 0 Å². The molecule has 1 heterocycles. The summed E-state index contributed by atoms with van der Waals surface area (Å²) >= 11 is 0. The molecule has 0 saturated carbocycles. The zero-order chi connectivity index (χ0) is 13.0. The van der Waals surface area contributed by atoms with E-state index in [4.69, 9.17) is 5.26 Å². The van der Waals surface area contributed by atoms with Gasteiger partial charge in [-0.3, -0.25) is 4.98 Å². The van der Waals surface area contributed by atoms with Crippen molar-refractivity contribution < 1.29 is 0 Å². The van der Waals surface area contributed by atoms with Gasteiger partial charge >= 0.3 is 0 Å². The van der Waals surface area contributed by atoms with Gasteiger partial charge in [0, 0.05) is 11.9 Å². The Labute approximate surface area is 107 Å². The molecule has 0 fully saturated rings. The molecule has 0 atom stereocenters. The monoisotopic (exact) mass is 237 g/mol. The van der Waals surface area contributed by atoms with Crippen LogP contribution < -0.4 is 5.32 Å². The summed E-state index contributed by atoms with van der Waals surface area (Å²) in [5, 5.41) is 12.1. The van der Waals surface area contributed by atoms with E-state index in [0.717, 1.165) is 11.4 Å². The number of hydrogen-bond donors (Lipinski definition) is 1. The van der Waals surface area contributed by atoms with Crippen molar-refractivity contribution in [1.29, 1.82) is 5.26 Å². The number of benzene rings is 1. The van der Waals surface area contributed by atoms with E-state index in [0.29, 0.717) is 11.5 Å². The molecule has 2 rings (SSSR count). The van der Waals surface area contributed by atoms with E-state index < -0.39 is 0 Å². The molecule has 1 aromatic heterocycles. The Morgan fingerprint density at radius 2 is 2.00 bits per heavy atom. The molecule has 0 saturated heterocycles. The van der Waals surface area contributed by atoms with Crippen molar-refractivity contribution in [3.8, 4) is 6.07 Å². The second-order valence-corrected chi connectivity index (χ2v) is 4.48. The third-order valence-corrected chi connectivity index (χ3v) is 2.71. The molecular weight excluding hydrogens is 222 g/mol. The van der Waals surface area contributed by atoms with Crippen molar-refractivity contribution >= 4 is 11.4 Å². The van der Waals surface area contributed by atoms with Crippen molar-refractivity contribution in [2.24, 2.45) is 0 Å². The van der Waals surface area contributed by atoms with Crippen LogP contribution >= 0.6 is 0 Å². The molecule has 90 valence electrons. The SMILES string of the molecule is CC(C)c1cncc(Nc2cccc(C#N)c2)c1. The average Bonchev–Trinajstić information content (AvgIpc) is 2.39. The predicted molar refractivity (Wildman–Crippen MR) is 72.8 cm³/mol. The summed E-state index contributed by atoms with van der Waals surface area (Å²) in [6.45, 7) is 4.27. The van der Waals surface area contributed by atoms with E-state index in [9.17, 15) is 0 Å². The average molecular weight is 237 g/mol. The number of anilines is 2. The van der Waals surface area contributed by atoms with Gasteiger partial charge in [0.2, 0.25) is 0 Å². The number of pyridine rings is 1. The molecular formula is C15H15N3. The Morgan fingerprint density at radius 1 is 1.17 bits per heavy atom. The summed E-state index contributed by atoms with van der Waals surface area (Å²) in [5.74, 6) is 0.449. The minimum absolute atomic E-state index is 0.449. The Morgan fingerprint density at radius 3 is 2.72 bits per heavy atom. The van der Waals surface area contributed by atoms with Crippen LogP contribution in [-0.4, -0.2) is 4.98 Å². The lowest BCUT2D eigenvalue weighted by Gasteiger charge is -2.09. The molecule has 0 aliphatic heterocycles. The van der Waals surface area contributed by atoms with E-state index in [1.165, 1.54) is 5.56 Å². The highest BCUT2D eigenvalue weighted by Gasteiger charge is 2.02. The van der Waals surface area contributed by atoms with Gasteiger partial charge in [0.25, 0.3) is 0 Å². The molecule has 0 amide bonds. The molecule has 3 heteroatoms. The Bertz CT molecular complexity index is 582. The molecule has 1 aromatic carbocycles. The minimum Gasteiger partial charge on any atom is -0.354 e. The first-order valence-electron chi connectivity index (χ1n) is 5.91. The number of nitrogens with one attached hydrogen (secondary N) is 1. The Balaban J connectivity index is 2.23. The molecule has 0 aliphatic rings. The van der Waals surface area contributed by atoms with Gasteiger partial charge in [-0.05, 0) is 35.7 Å². The van der Waals surface area contributed by atoms with E-state index in [2.05, 4.69) is 36.3 Å². The van der Waals surface area contributed by atoms with Crippen molar-refractivity contribution in [3.63, 3.8) is 0 Å². The zero-order valence-corrected chi connectivity index (χ0v) is 10.5. The van der Waals surface area contributed by atoms with Crippen LogP contribution in [0.25, 0.3) is 0 Å². The second kappa shape index (κ2) is 5.33. The Hall–Kier alpha value is -2.34. The lowest BCUT2D eigenvalue weighted by atomic mass is 10.1. The van der Waals surface area contributed by atoms with Crippen LogP contribution in [-0.2, 0) is 0 Å². The van der Waals surface area contributed by atoms with Gasteiger partial charge in [-0.15, -0.1) is 0 Å². The minimum atomic E-state index is 0.449. The molecule has 0 radical (unpaired) electrons. The maximum absolute atomic E-state index is 8.85. The highest BCUT2D eigenvalue weighted by Crippen LogP contribution is 2.21. The number of nitriles is 1. The summed E-state index contributed by atoms with van der Waals surface area (Å²) in [7, 11) is 0. The standard InChI is InChI=1S/C15H15N3/c1-11(2)13-7-15(10-17-9-13)18-14-5-3-4-12(6-14)8-16/h3-7,9-11,18H,1-2H3. The molecule has 0 aliphatic carbocycles. The normalized spacial score (nSPS) is 10.1. The zero-order valence-electron chi connectivity index (χ0n) is 10.5. The number of rotatable bonds is 3. The van der Waals surface area contributed by atoms with Crippen molar-refractivity contribution in [2.75, 3.05) is 5.32 Å². The van der Waals surface area contributed by atoms with Crippen LogP contribution in [0.15, 0.2) is 42.7 Å². The first-order chi connectivity index (χ1) is 8.69. The van der Waals surface area contributed by atoms with E-state index in [1.807, 2.05) is 24.4 Å². The third kappa shape index (κ3) is 2.86. The molecule has 1 N–H and O–H groups in total. The number of hydrogen-bond acceptors (Lipinski definition) is 3. The van der Waals surface area contributed by atoms with Crippen molar-refractivity contribution in [1.82, 2.24) is 4.98 Å². The summed E-state index contributed by atoms with van der Waals surface area (Å²) in [6.07, 6.45) is 3.66. The molecule has 2 aromatic rings. The van der Waals surface area contributed by atoms with Gasteiger partial charge in [0.1, 0.15) is 0 Å².